The van der Waals surface area contributed by atoms with Crippen molar-refractivity contribution in [2.24, 2.45) is 0 Å². The molecule has 6 bridgehead atoms. The second kappa shape index (κ2) is 24.9. The fourth-order valence-corrected chi connectivity index (χ4v) is 10.4. The number of hydrogen-bond acceptors (Lipinski definition) is 9. The molecule has 0 amide bonds. The van der Waals surface area contributed by atoms with Gasteiger partial charge in [-0.2, -0.15) is 0 Å². The van der Waals surface area contributed by atoms with Crippen LogP contribution in [-0.2, 0) is 78.7 Å². The van der Waals surface area contributed by atoms with E-state index in [1.54, 1.807) is 0 Å². The maximum Gasteiger partial charge on any atom is 0.130 e. The topological polar surface area (TPSA) is 76.1 Å². The van der Waals surface area contributed by atoms with Gasteiger partial charge in [-0.3, -0.25) is 29.7 Å². The molecular weight excluding hydrogens is 925 g/mol. The number of nitrogens with zero attached hydrogens (tertiary/aromatic N) is 6. The van der Waals surface area contributed by atoms with Crippen molar-refractivity contribution in [3.8, 4) is 17.2 Å². The molecule has 1 aliphatic heterocycles. The van der Waals surface area contributed by atoms with Gasteiger partial charge in [0, 0.05) is 111 Å². The normalized spacial score (nSPS) is 13.6. The number of rotatable bonds is 15. The summed E-state index contributed by atoms with van der Waals surface area (Å²) >= 11 is 0. The first-order valence-electron chi connectivity index (χ1n) is 26.1. The highest BCUT2D eigenvalue weighted by Crippen LogP contribution is 2.37. The Labute approximate surface area is 443 Å². The third kappa shape index (κ3) is 14.0. The van der Waals surface area contributed by atoms with E-state index in [9.17, 15) is 0 Å². The fourth-order valence-electron chi connectivity index (χ4n) is 10.4. The van der Waals surface area contributed by atoms with Crippen LogP contribution >= 0.6 is 0 Å². The van der Waals surface area contributed by atoms with Gasteiger partial charge < -0.3 is 14.2 Å². The predicted octanol–water partition coefficient (Wildman–Crippen LogP) is 13.5. The lowest BCUT2D eigenvalue weighted by atomic mass is 9.99. The average Bonchev–Trinajstić information content (AvgIpc) is 3.41. The zero-order valence-corrected chi connectivity index (χ0v) is 43.4. The van der Waals surface area contributed by atoms with Crippen LogP contribution < -0.4 is 14.2 Å². The number of ether oxygens (including phenoxy) is 3. The van der Waals surface area contributed by atoms with E-state index in [4.69, 9.17) is 29.2 Å². The molecule has 9 aromatic rings. The molecule has 0 saturated heterocycles. The highest BCUT2D eigenvalue weighted by Gasteiger charge is 2.25. The van der Waals surface area contributed by atoms with Gasteiger partial charge in [0.2, 0.25) is 0 Å². The largest absolute Gasteiger partial charge is 0.487 e. The minimum atomic E-state index is 0.334. The van der Waals surface area contributed by atoms with Gasteiger partial charge in [0.15, 0.2) is 0 Å². The summed E-state index contributed by atoms with van der Waals surface area (Å²) in [6.45, 7) is 13.5. The highest BCUT2D eigenvalue weighted by atomic mass is 16.5. The van der Waals surface area contributed by atoms with E-state index in [-0.39, 0.29) is 0 Å². The molecule has 378 valence electrons. The third-order valence-corrected chi connectivity index (χ3v) is 13.5. The molecule has 75 heavy (non-hydrogen) atoms. The van der Waals surface area contributed by atoms with Crippen molar-refractivity contribution in [2.75, 3.05) is 0 Å². The van der Waals surface area contributed by atoms with Crippen molar-refractivity contribution in [2.45, 2.75) is 99.5 Å². The van der Waals surface area contributed by atoms with Crippen molar-refractivity contribution >= 4 is 0 Å². The molecule has 0 atom stereocenters. The molecule has 9 heteroatoms. The summed E-state index contributed by atoms with van der Waals surface area (Å²) in [4.78, 5) is 21.7. The van der Waals surface area contributed by atoms with E-state index in [0.717, 1.165) is 67.7 Å². The van der Waals surface area contributed by atoms with E-state index in [1.165, 1.54) is 33.4 Å². The molecule has 3 aromatic heterocycles. The number of fused-ring (bicyclic) bond motifs is 6. The molecule has 0 spiro atoms. The van der Waals surface area contributed by atoms with Crippen molar-refractivity contribution in [3.05, 3.63) is 284 Å². The number of pyridine rings is 3. The lowest BCUT2D eigenvalue weighted by Crippen LogP contribution is -2.27. The molecule has 9 nitrogen and oxygen atoms in total. The lowest BCUT2D eigenvalue weighted by Gasteiger charge is -2.31. The van der Waals surface area contributed by atoms with Gasteiger partial charge in [0.05, 0.1) is 17.1 Å². The van der Waals surface area contributed by atoms with Gasteiger partial charge in [0.1, 0.15) is 37.1 Å². The standard InChI is InChI=1S/C66H66N6O3/c1-49-31-55-40-70(37-52-19-7-4-8-20-52)42-57-33-50(2)35-59(65(57)74-47-62-26-14-17-29-68-62)44-72(39-54-23-11-6-12-24-54)45-60-36-51(3)34-58(66(60)75-48-63-27-15-18-30-69-63)43-71(38-53-21-9-5-10-22-53)41-56(32-49)64(55)73-46-61-25-13-16-28-67-61/h4-36H,37-48H2,1-3H3. The number of benzene rings is 6. The zero-order valence-electron chi connectivity index (χ0n) is 43.4. The van der Waals surface area contributed by atoms with Gasteiger partial charge in [-0.25, -0.2) is 0 Å². The summed E-state index contributed by atoms with van der Waals surface area (Å²) in [5, 5.41) is 0. The minimum Gasteiger partial charge on any atom is -0.487 e. The molecule has 0 aliphatic carbocycles. The first-order valence-corrected chi connectivity index (χ1v) is 26.1. The predicted molar refractivity (Wildman–Crippen MR) is 297 cm³/mol. The maximum absolute atomic E-state index is 7.11. The molecular formula is C66H66N6O3. The smallest absolute Gasteiger partial charge is 0.130 e. The van der Waals surface area contributed by atoms with E-state index in [2.05, 4.69) is 163 Å². The first-order chi connectivity index (χ1) is 36.8. The van der Waals surface area contributed by atoms with E-state index in [1.807, 2.05) is 73.2 Å². The Morgan fingerprint density at radius 1 is 0.320 bits per heavy atom. The Kier molecular flexibility index (Phi) is 16.8. The quantitative estimate of drug-likeness (QED) is 0.0998. The zero-order chi connectivity index (χ0) is 51.2. The Morgan fingerprint density at radius 2 is 0.560 bits per heavy atom. The number of aromatic nitrogens is 3. The fraction of sp³-hybridized carbons (Fsp3) is 0.227. The molecule has 6 aromatic carbocycles. The van der Waals surface area contributed by atoms with Crippen molar-refractivity contribution in [3.63, 3.8) is 0 Å². The average molecular weight is 991 g/mol. The second-order valence-electron chi connectivity index (χ2n) is 20.0. The van der Waals surface area contributed by atoms with Gasteiger partial charge >= 0.3 is 0 Å². The lowest BCUT2D eigenvalue weighted by molar-refractivity contribution is 0.211. The SMILES string of the molecule is Cc1cc2c(OCc3ccccn3)c(c1)CN(Cc1ccccc1)Cc1cc(C)cc(c1OCc1ccccn1)CN(Cc1ccccc1)Cc1cc(C)cc(c1OCc1ccccn1)CN(Cc1ccccc1)C2. The highest BCUT2D eigenvalue weighted by molar-refractivity contribution is 5.49. The maximum atomic E-state index is 7.11. The summed E-state index contributed by atoms with van der Waals surface area (Å²) in [6.07, 6.45) is 5.51. The first kappa shape index (κ1) is 50.6. The molecule has 0 N–H and O–H groups in total. The number of aryl methyl sites for hydroxylation is 3. The monoisotopic (exact) mass is 991 g/mol. The van der Waals surface area contributed by atoms with Gasteiger partial charge in [0.25, 0.3) is 0 Å². The van der Waals surface area contributed by atoms with Crippen molar-refractivity contribution in [1.29, 1.82) is 0 Å². The summed E-state index contributed by atoms with van der Waals surface area (Å²) < 4.78 is 21.3. The van der Waals surface area contributed by atoms with Crippen LogP contribution in [0.2, 0.25) is 0 Å². The Bertz CT molecular complexity index is 2810. The van der Waals surface area contributed by atoms with Crippen LogP contribution in [0.1, 0.15) is 83.8 Å². The summed E-state index contributed by atoms with van der Waals surface area (Å²) in [7, 11) is 0. The van der Waals surface area contributed by atoms with Gasteiger partial charge in [-0.1, -0.05) is 162 Å². The van der Waals surface area contributed by atoms with Crippen LogP contribution in [0.15, 0.2) is 201 Å². The van der Waals surface area contributed by atoms with Crippen LogP contribution in [0.4, 0.5) is 0 Å². The van der Waals surface area contributed by atoms with Crippen molar-refractivity contribution < 1.29 is 14.2 Å². The molecule has 1 aliphatic rings. The van der Waals surface area contributed by atoms with Crippen LogP contribution in [-0.4, -0.2) is 29.7 Å². The van der Waals surface area contributed by atoms with Gasteiger partial charge in [-0.15, -0.1) is 0 Å². The van der Waals surface area contributed by atoms with Crippen LogP contribution in [0.25, 0.3) is 0 Å². The second-order valence-corrected chi connectivity index (χ2v) is 20.0. The van der Waals surface area contributed by atoms with E-state index < -0.39 is 0 Å². The van der Waals surface area contributed by atoms with Crippen molar-refractivity contribution in [1.82, 2.24) is 29.7 Å². The summed E-state index contributed by atoms with van der Waals surface area (Å²) in [6, 6.07) is 64.3. The van der Waals surface area contributed by atoms with Crippen LogP contribution in [0.3, 0.4) is 0 Å². The molecule has 4 heterocycles. The summed E-state index contributed by atoms with van der Waals surface area (Å²) in [5.41, 5.74) is 16.5. The summed E-state index contributed by atoms with van der Waals surface area (Å²) in [5.74, 6) is 2.65. The molecule has 0 unspecified atom stereocenters. The minimum absolute atomic E-state index is 0.334. The Hall–Kier alpha value is -7.95. The molecule has 10 rings (SSSR count). The number of hydrogen-bond donors (Lipinski definition) is 0. The van der Waals surface area contributed by atoms with Crippen LogP contribution in [0, 0.1) is 20.8 Å². The van der Waals surface area contributed by atoms with Gasteiger partial charge in [-0.05, 0) is 73.9 Å². The molecule has 0 fully saturated rings. The molecule has 0 radical (unpaired) electrons. The third-order valence-electron chi connectivity index (χ3n) is 13.5. The Balaban J connectivity index is 1.17. The Morgan fingerprint density at radius 3 is 0.787 bits per heavy atom. The molecule has 0 saturated carbocycles. The van der Waals surface area contributed by atoms with Crippen LogP contribution in [0.5, 0.6) is 17.2 Å². The van der Waals surface area contributed by atoms with E-state index >= 15 is 0 Å². The van der Waals surface area contributed by atoms with E-state index in [0.29, 0.717) is 78.7 Å².